The number of aromatic hydroxyl groups is 1. The predicted octanol–water partition coefficient (Wildman–Crippen LogP) is 3.81. The Kier molecular flexibility index (Phi) is 2.78. The lowest BCUT2D eigenvalue weighted by atomic mass is 9.55. The third-order valence-corrected chi connectivity index (χ3v) is 6.54. The number of phenolic OH excluding ortho intramolecular Hbond substituents is 1. The Bertz CT molecular complexity index is 620. The highest BCUT2D eigenvalue weighted by Crippen LogP contribution is 2.55. The van der Waals surface area contributed by atoms with Crippen molar-refractivity contribution in [1.82, 2.24) is 4.90 Å². The van der Waals surface area contributed by atoms with Gasteiger partial charge in [0, 0.05) is 18.5 Å². The van der Waals surface area contributed by atoms with Crippen LogP contribution in [0, 0.1) is 5.92 Å². The van der Waals surface area contributed by atoms with Gasteiger partial charge in [-0.1, -0.05) is 31.6 Å². The molecule has 0 spiro atoms. The number of fused-ring (bicyclic) bond motifs is 4. The van der Waals surface area contributed by atoms with Crippen molar-refractivity contribution in [2.45, 2.75) is 51.0 Å². The average molecular weight is 283 g/mol. The molecule has 1 N–H and O–H groups in total. The van der Waals surface area contributed by atoms with Crippen molar-refractivity contribution in [2.75, 3.05) is 13.1 Å². The SMILES string of the molecule is CC1=CCN2CCC3(C)c4cc(O)ccc4C(C1)C2C3C. The molecule has 2 bridgehead atoms. The smallest absolute Gasteiger partial charge is 0.115 e. The van der Waals surface area contributed by atoms with Crippen LogP contribution in [-0.4, -0.2) is 29.1 Å². The molecule has 1 aliphatic carbocycles. The average Bonchev–Trinajstić information content (AvgIpc) is 2.62. The fourth-order valence-corrected chi connectivity index (χ4v) is 5.12. The van der Waals surface area contributed by atoms with Crippen molar-refractivity contribution in [3.8, 4) is 5.75 Å². The molecule has 0 saturated carbocycles. The van der Waals surface area contributed by atoms with E-state index < -0.39 is 0 Å². The van der Waals surface area contributed by atoms with Crippen molar-refractivity contribution in [3.05, 3.63) is 41.0 Å². The van der Waals surface area contributed by atoms with Gasteiger partial charge in [-0.3, -0.25) is 4.90 Å². The largest absolute Gasteiger partial charge is 0.508 e. The van der Waals surface area contributed by atoms with Gasteiger partial charge in [0.2, 0.25) is 0 Å². The zero-order valence-electron chi connectivity index (χ0n) is 13.3. The number of hydrogen-bond acceptors (Lipinski definition) is 2. The molecule has 1 aromatic carbocycles. The maximum Gasteiger partial charge on any atom is 0.115 e. The van der Waals surface area contributed by atoms with Crippen molar-refractivity contribution >= 4 is 0 Å². The van der Waals surface area contributed by atoms with Crippen molar-refractivity contribution in [2.24, 2.45) is 5.92 Å². The second kappa shape index (κ2) is 4.36. The molecule has 1 fully saturated rings. The molecule has 1 saturated heterocycles. The minimum Gasteiger partial charge on any atom is -0.508 e. The summed E-state index contributed by atoms with van der Waals surface area (Å²) in [5.74, 6) is 1.65. The molecule has 0 amide bonds. The highest BCUT2D eigenvalue weighted by Gasteiger charge is 2.52. The summed E-state index contributed by atoms with van der Waals surface area (Å²) < 4.78 is 0. The van der Waals surface area contributed by atoms with Crippen LogP contribution in [0.15, 0.2) is 29.8 Å². The standard InChI is InChI=1S/C19H25NO/c1-12-6-8-20-9-7-19(3)13(2)18(20)16(10-12)15-5-4-14(21)11-17(15)19/h4-6,11,13,16,18,21H,7-10H2,1-3H3. The second-order valence-corrected chi connectivity index (χ2v) is 7.57. The van der Waals surface area contributed by atoms with Crippen LogP contribution in [0.25, 0.3) is 0 Å². The number of hydrogen-bond donors (Lipinski definition) is 1. The van der Waals surface area contributed by atoms with Gasteiger partial charge in [-0.15, -0.1) is 0 Å². The van der Waals surface area contributed by atoms with Crippen molar-refractivity contribution in [3.63, 3.8) is 0 Å². The lowest BCUT2D eigenvalue weighted by molar-refractivity contribution is 0.0238. The van der Waals surface area contributed by atoms with Gasteiger partial charge in [0.15, 0.2) is 0 Å². The molecule has 2 nitrogen and oxygen atoms in total. The van der Waals surface area contributed by atoms with Crippen molar-refractivity contribution < 1.29 is 5.11 Å². The van der Waals surface area contributed by atoms with Crippen LogP contribution in [0.1, 0.15) is 50.7 Å². The van der Waals surface area contributed by atoms with E-state index in [1.807, 2.05) is 12.1 Å². The summed E-state index contributed by atoms with van der Waals surface area (Å²) in [6.07, 6.45) is 4.79. The molecule has 4 atom stereocenters. The molecular formula is C19H25NO. The fourth-order valence-electron chi connectivity index (χ4n) is 5.12. The summed E-state index contributed by atoms with van der Waals surface area (Å²) in [5, 5.41) is 10.00. The number of rotatable bonds is 0. The van der Waals surface area contributed by atoms with E-state index in [1.54, 1.807) is 0 Å². The number of phenols is 1. The van der Waals surface area contributed by atoms with Crippen LogP contribution in [0.2, 0.25) is 0 Å². The minimum atomic E-state index is 0.212. The van der Waals surface area contributed by atoms with E-state index in [9.17, 15) is 5.11 Å². The maximum absolute atomic E-state index is 10.00. The zero-order chi connectivity index (χ0) is 14.8. The van der Waals surface area contributed by atoms with Crippen LogP contribution in [0.4, 0.5) is 0 Å². The van der Waals surface area contributed by atoms with Crippen LogP contribution in [0.5, 0.6) is 5.75 Å². The Morgan fingerprint density at radius 3 is 2.95 bits per heavy atom. The fraction of sp³-hybridized carbons (Fsp3) is 0.579. The second-order valence-electron chi connectivity index (χ2n) is 7.57. The Hall–Kier alpha value is -1.28. The maximum atomic E-state index is 10.00. The van der Waals surface area contributed by atoms with Crippen molar-refractivity contribution in [1.29, 1.82) is 0 Å². The normalized spacial score (nSPS) is 38.4. The van der Waals surface area contributed by atoms with Crippen LogP contribution >= 0.6 is 0 Å². The van der Waals surface area contributed by atoms with Gasteiger partial charge in [-0.25, -0.2) is 0 Å². The molecule has 1 aromatic rings. The van der Waals surface area contributed by atoms with Crippen LogP contribution < -0.4 is 0 Å². The number of allylic oxidation sites excluding steroid dienone is 1. The van der Waals surface area contributed by atoms with Gasteiger partial charge < -0.3 is 5.11 Å². The number of piperidine rings is 1. The highest BCUT2D eigenvalue weighted by atomic mass is 16.3. The predicted molar refractivity (Wildman–Crippen MR) is 85.7 cm³/mol. The molecule has 0 aromatic heterocycles. The van der Waals surface area contributed by atoms with Crippen LogP contribution in [0.3, 0.4) is 0 Å². The van der Waals surface area contributed by atoms with Gasteiger partial charge >= 0.3 is 0 Å². The topological polar surface area (TPSA) is 23.5 Å². The van der Waals surface area contributed by atoms with Crippen LogP contribution in [-0.2, 0) is 5.41 Å². The zero-order valence-corrected chi connectivity index (χ0v) is 13.3. The Labute approximate surface area is 127 Å². The molecule has 3 aliphatic rings. The Balaban J connectivity index is 1.95. The van der Waals surface area contributed by atoms with Gasteiger partial charge in [0.05, 0.1) is 0 Å². The van der Waals surface area contributed by atoms with E-state index in [2.05, 4.69) is 37.8 Å². The molecule has 2 aliphatic heterocycles. The monoisotopic (exact) mass is 283 g/mol. The summed E-state index contributed by atoms with van der Waals surface area (Å²) in [6, 6.07) is 6.76. The molecule has 21 heavy (non-hydrogen) atoms. The first-order valence-corrected chi connectivity index (χ1v) is 8.24. The van der Waals surface area contributed by atoms with Gasteiger partial charge in [-0.2, -0.15) is 0 Å². The first-order valence-electron chi connectivity index (χ1n) is 8.24. The van der Waals surface area contributed by atoms with E-state index in [1.165, 1.54) is 36.1 Å². The summed E-state index contributed by atoms with van der Waals surface area (Å²) >= 11 is 0. The summed E-state index contributed by atoms with van der Waals surface area (Å²) in [4.78, 5) is 2.70. The van der Waals surface area contributed by atoms with E-state index in [-0.39, 0.29) is 5.41 Å². The highest BCUT2D eigenvalue weighted by molar-refractivity contribution is 5.47. The van der Waals surface area contributed by atoms with E-state index >= 15 is 0 Å². The lowest BCUT2D eigenvalue weighted by Gasteiger charge is -2.57. The number of nitrogens with zero attached hydrogens (tertiary/aromatic N) is 1. The van der Waals surface area contributed by atoms with E-state index in [4.69, 9.17) is 0 Å². The molecule has 4 rings (SSSR count). The molecule has 0 radical (unpaired) electrons. The molecule has 2 heteroatoms. The molecule has 4 unspecified atom stereocenters. The summed E-state index contributed by atoms with van der Waals surface area (Å²) in [7, 11) is 0. The number of benzene rings is 1. The van der Waals surface area contributed by atoms with Gasteiger partial charge in [0.25, 0.3) is 0 Å². The summed E-state index contributed by atoms with van der Waals surface area (Å²) in [5.41, 5.74) is 4.62. The van der Waals surface area contributed by atoms with E-state index in [0.29, 0.717) is 23.6 Å². The Morgan fingerprint density at radius 2 is 2.14 bits per heavy atom. The van der Waals surface area contributed by atoms with Gasteiger partial charge in [-0.05, 0) is 60.9 Å². The third-order valence-electron chi connectivity index (χ3n) is 6.54. The van der Waals surface area contributed by atoms with E-state index in [0.717, 1.165) is 6.54 Å². The first-order chi connectivity index (χ1) is 10.0. The molecular weight excluding hydrogens is 258 g/mol. The minimum absolute atomic E-state index is 0.212. The quantitative estimate of drug-likeness (QED) is 0.732. The third kappa shape index (κ3) is 1.75. The summed E-state index contributed by atoms with van der Waals surface area (Å²) in [6.45, 7) is 9.41. The Morgan fingerprint density at radius 1 is 1.33 bits per heavy atom. The molecule has 112 valence electrons. The lowest BCUT2D eigenvalue weighted by Crippen LogP contribution is -2.59. The first kappa shape index (κ1) is 13.4. The van der Waals surface area contributed by atoms with Gasteiger partial charge in [0.1, 0.15) is 5.75 Å². The molecule has 2 heterocycles.